The van der Waals surface area contributed by atoms with Crippen LogP contribution in [-0.4, -0.2) is 50.7 Å². The summed E-state index contributed by atoms with van der Waals surface area (Å²) in [5.74, 6) is 0.947. The number of amides is 3. The number of hydrogen-bond acceptors (Lipinski definition) is 4. The molecule has 7 heteroatoms. The van der Waals surface area contributed by atoms with Gasteiger partial charge in [0.05, 0.1) is 26.2 Å². The van der Waals surface area contributed by atoms with Crippen molar-refractivity contribution < 1.29 is 19.1 Å². The van der Waals surface area contributed by atoms with E-state index in [-0.39, 0.29) is 29.8 Å². The summed E-state index contributed by atoms with van der Waals surface area (Å²) in [6.45, 7) is 5.34. The van der Waals surface area contributed by atoms with Gasteiger partial charge in [-0.05, 0) is 43.5 Å². The fourth-order valence-electron chi connectivity index (χ4n) is 4.22. The van der Waals surface area contributed by atoms with Crippen molar-refractivity contribution in [2.24, 2.45) is 5.92 Å². The van der Waals surface area contributed by atoms with Gasteiger partial charge in [-0.15, -0.1) is 0 Å². The van der Waals surface area contributed by atoms with E-state index < -0.39 is 0 Å². The van der Waals surface area contributed by atoms with Crippen LogP contribution in [0.2, 0.25) is 0 Å². The van der Waals surface area contributed by atoms with Crippen LogP contribution in [0.25, 0.3) is 0 Å². The summed E-state index contributed by atoms with van der Waals surface area (Å²) in [4.78, 5) is 27.6. The van der Waals surface area contributed by atoms with Gasteiger partial charge < -0.3 is 25.0 Å². The maximum Gasteiger partial charge on any atom is 0.317 e. The Morgan fingerprint density at radius 2 is 1.78 bits per heavy atom. The minimum absolute atomic E-state index is 0.00828. The second kappa shape index (κ2) is 10.9. The molecule has 3 unspecified atom stereocenters. The minimum Gasteiger partial charge on any atom is -0.493 e. The Hall–Kier alpha value is -3.22. The molecule has 3 atom stereocenters. The van der Waals surface area contributed by atoms with Gasteiger partial charge in [0, 0.05) is 25.6 Å². The zero-order valence-electron chi connectivity index (χ0n) is 19.3. The Morgan fingerprint density at radius 3 is 2.44 bits per heavy atom. The largest absolute Gasteiger partial charge is 0.493 e. The third-order valence-electron chi connectivity index (χ3n) is 5.97. The zero-order chi connectivity index (χ0) is 23.1. The van der Waals surface area contributed by atoms with E-state index in [2.05, 4.69) is 10.6 Å². The van der Waals surface area contributed by atoms with Crippen molar-refractivity contribution in [3.05, 3.63) is 59.7 Å². The van der Waals surface area contributed by atoms with Crippen LogP contribution in [-0.2, 0) is 4.79 Å². The van der Waals surface area contributed by atoms with Crippen molar-refractivity contribution in [3.8, 4) is 11.5 Å². The van der Waals surface area contributed by atoms with Gasteiger partial charge in [-0.2, -0.15) is 0 Å². The summed E-state index contributed by atoms with van der Waals surface area (Å²) in [6.07, 6.45) is 0.652. The first-order valence-corrected chi connectivity index (χ1v) is 11.1. The number of rotatable bonds is 7. The number of ether oxygens (including phenoxy) is 2. The average molecular weight is 440 g/mol. The number of benzene rings is 2. The smallest absolute Gasteiger partial charge is 0.317 e. The molecule has 1 saturated heterocycles. The molecule has 0 aromatic heterocycles. The highest BCUT2D eigenvalue weighted by Crippen LogP contribution is 2.36. The lowest BCUT2D eigenvalue weighted by Crippen LogP contribution is -2.51. The fourth-order valence-corrected chi connectivity index (χ4v) is 4.22. The summed E-state index contributed by atoms with van der Waals surface area (Å²) in [6, 6.07) is 15.4. The number of piperidine rings is 1. The standard InChI is InChI=1S/C25H33N3O4/c1-5-26-25(30)28-15-20(19-11-12-22(31-3)23(14-19)32-4)13-21(16-28)24(29)27-17(2)18-9-7-6-8-10-18/h6-12,14,17,20-21H,5,13,15-16H2,1-4H3,(H,26,30)(H,27,29). The third kappa shape index (κ3) is 5.52. The van der Waals surface area contributed by atoms with Crippen LogP contribution in [0.3, 0.4) is 0 Å². The van der Waals surface area contributed by atoms with Crippen LogP contribution in [0.15, 0.2) is 48.5 Å². The van der Waals surface area contributed by atoms with Gasteiger partial charge in [-0.25, -0.2) is 4.79 Å². The maximum atomic E-state index is 13.2. The van der Waals surface area contributed by atoms with Gasteiger partial charge in [0.25, 0.3) is 0 Å². The van der Waals surface area contributed by atoms with E-state index in [1.165, 1.54) is 0 Å². The Morgan fingerprint density at radius 1 is 1.06 bits per heavy atom. The summed E-state index contributed by atoms with van der Waals surface area (Å²) >= 11 is 0. The van der Waals surface area contributed by atoms with Crippen LogP contribution in [0.5, 0.6) is 11.5 Å². The lowest BCUT2D eigenvalue weighted by molar-refractivity contribution is -0.127. The molecule has 2 aromatic carbocycles. The molecule has 0 spiro atoms. The molecule has 0 aliphatic carbocycles. The first-order chi connectivity index (χ1) is 15.5. The number of nitrogens with zero attached hydrogens (tertiary/aromatic N) is 1. The van der Waals surface area contributed by atoms with E-state index in [0.717, 1.165) is 11.1 Å². The Kier molecular flexibility index (Phi) is 7.98. The molecule has 7 nitrogen and oxygen atoms in total. The van der Waals surface area contributed by atoms with Gasteiger partial charge >= 0.3 is 6.03 Å². The normalized spacial score (nSPS) is 19.1. The number of likely N-dealkylation sites (tertiary alicyclic amines) is 1. The molecular formula is C25H33N3O4. The van der Waals surface area contributed by atoms with Crippen LogP contribution < -0.4 is 20.1 Å². The van der Waals surface area contributed by atoms with Crippen LogP contribution in [0.1, 0.15) is 43.4 Å². The second-order valence-corrected chi connectivity index (χ2v) is 8.13. The second-order valence-electron chi connectivity index (χ2n) is 8.13. The summed E-state index contributed by atoms with van der Waals surface area (Å²) < 4.78 is 10.8. The number of carbonyl (C=O) groups excluding carboxylic acids is 2. The van der Waals surface area contributed by atoms with Crippen molar-refractivity contribution >= 4 is 11.9 Å². The Bertz CT molecular complexity index is 919. The molecule has 2 N–H and O–H groups in total. The molecule has 2 aromatic rings. The van der Waals surface area contributed by atoms with E-state index in [9.17, 15) is 9.59 Å². The van der Waals surface area contributed by atoms with E-state index in [4.69, 9.17) is 9.47 Å². The molecule has 32 heavy (non-hydrogen) atoms. The predicted octanol–water partition coefficient (Wildman–Crippen LogP) is 3.72. The SMILES string of the molecule is CCNC(=O)N1CC(C(=O)NC(C)c2ccccc2)CC(c2ccc(OC)c(OC)c2)C1. The fraction of sp³-hybridized carbons (Fsp3) is 0.440. The molecule has 1 aliphatic rings. The summed E-state index contributed by atoms with van der Waals surface area (Å²) in [5.41, 5.74) is 2.07. The van der Waals surface area contributed by atoms with Crippen molar-refractivity contribution in [2.75, 3.05) is 33.9 Å². The Labute approximate surface area is 190 Å². The van der Waals surface area contributed by atoms with Crippen LogP contribution >= 0.6 is 0 Å². The van der Waals surface area contributed by atoms with E-state index >= 15 is 0 Å². The Balaban J connectivity index is 1.81. The number of methoxy groups -OCH3 is 2. The first kappa shape index (κ1) is 23.4. The molecule has 1 heterocycles. The number of urea groups is 1. The predicted molar refractivity (Wildman–Crippen MR) is 124 cm³/mol. The minimum atomic E-state index is -0.310. The molecule has 0 saturated carbocycles. The molecular weight excluding hydrogens is 406 g/mol. The molecule has 1 fully saturated rings. The number of carbonyl (C=O) groups is 2. The monoisotopic (exact) mass is 439 g/mol. The molecule has 1 aliphatic heterocycles. The van der Waals surface area contributed by atoms with Crippen LogP contribution in [0.4, 0.5) is 4.79 Å². The van der Waals surface area contributed by atoms with Gasteiger partial charge in [-0.3, -0.25) is 4.79 Å². The topological polar surface area (TPSA) is 79.9 Å². The first-order valence-electron chi connectivity index (χ1n) is 11.1. The van der Waals surface area contributed by atoms with Crippen molar-refractivity contribution in [1.82, 2.24) is 15.5 Å². The molecule has 3 rings (SSSR count). The van der Waals surface area contributed by atoms with Crippen LogP contribution in [0, 0.1) is 5.92 Å². The number of hydrogen-bond donors (Lipinski definition) is 2. The van der Waals surface area contributed by atoms with E-state index in [0.29, 0.717) is 37.6 Å². The summed E-state index contributed by atoms with van der Waals surface area (Å²) in [5, 5.41) is 5.99. The van der Waals surface area contributed by atoms with Gasteiger partial charge in [0.1, 0.15) is 0 Å². The van der Waals surface area contributed by atoms with Gasteiger partial charge in [-0.1, -0.05) is 36.4 Å². The highest BCUT2D eigenvalue weighted by molar-refractivity contribution is 5.81. The number of nitrogens with one attached hydrogen (secondary N) is 2. The third-order valence-corrected chi connectivity index (χ3v) is 5.97. The average Bonchev–Trinajstić information content (AvgIpc) is 2.83. The zero-order valence-corrected chi connectivity index (χ0v) is 19.3. The molecule has 0 radical (unpaired) electrons. The highest BCUT2D eigenvalue weighted by Gasteiger charge is 2.35. The molecule has 172 valence electrons. The lowest BCUT2D eigenvalue weighted by Gasteiger charge is -2.38. The highest BCUT2D eigenvalue weighted by atomic mass is 16.5. The quantitative estimate of drug-likeness (QED) is 0.689. The van der Waals surface area contributed by atoms with Gasteiger partial charge in [0.2, 0.25) is 5.91 Å². The van der Waals surface area contributed by atoms with E-state index in [1.54, 1.807) is 19.1 Å². The van der Waals surface area contributed by atoms with E-state index in [1.807, 2.05) is 62.4 Å². The van der Waals surface area contributed by atoms with Crippen molar-refractivity contribution in [1.29, 1.82) is 0 Å². The molecule has 3 amide bonds. The van der Waals surface area contributed by atoms with Crippen molar-refractivity contribution in [2.45, 2.75) is 32.2 Å². The lowest BCUT2D eigenvalue weighted by atomic mass is 9.83. The maximum absolute atomic E-state index is 13.2. The summed E-state index contributed by atoms with van der Waals surface area (Å²) in [7, 11) is 3.20. The van der Waals surface area contributed by atoms with Gasteiger partial charge in [0.15, 0.2) is 11.5 Å². The molecule has 0 bridgehead atoms. The van der Waals surface area contributed by atoms with Crippen molar-refractivity contribution in [3.63, 3.8) is 0 Å².